The number of guanidine groups is 1. The smallest absolute Gasteiger partial charge is 0.191 e. The van der Waals surface area contributed by atoms with Gasteiger partial charge in [-0.2, -0.15) is 0 Å². The maximum Gasteiger partial charge on any atom is 0.191 e. The lowest BCUT2D eigenvalue weighted by molar-refractivity contribution is 0.681. The summed E-state index contributed by atoms with van der Waals surface area (Å²) in [7, 11) is 0. The maximum absolute atomic E-state index is 4.76. The molecule has 0 amide bonds. The van der Waals surface area contributed by atoms with Gasteiger partial charge < -0.3 is 15.2 Å². The summed E-state index contributed by atoms with van der Waals surface area (Å²) < 4.78 is 2.20. The lowest BCUT2D eigenvalue weighted by atomic mass is 9.91. The molecule has 6 heteroatoms. The van der Waals surface area contributed by atoms with Gasteiger partial charge in [0.2, 0.25) is 0 Å². The lowest BCUT2D eigenvalue weighted by Gasteiger charge is -2.20. The predicted octanol–water partition coefficient (Wildman–Crippen LogP) is 3.11. The molecule has 2 heterocycles. The number of benzene rings is 2. The molecule has 0 bridgehead atoms. The van der Waals surface area contributed by atoms with Gasteiger partial charge in [-0.05, 0) is 24.5 Å². The largest absolute Gasteiger partial charge is 0.357 e. The van der Waals surface area contributed by atoms with Crippen LogP contribution in [0.15, 0.2) is 65.7 Å². The third kappa shape index (κ3) is 4.65. The van der Waals surface area contributed by atoms with Gasteiger partial charge in [-0.25, -0.2) is 4.99 Å². The van der Waals surface area contributed by atoms with Gasteiger partial charge in [0.25, 0.3) is 0 Å². The predicted molar refractivity (Wildman–Crippen MR) is 116 cm³/mol. The molecule has 0 spiro atoms. The molecule has 4 rings (SSSR count). The number of aliphatic imine (C=N–C) groups is 1. The van der Waals surface area contributed by atoms with Gasteiger partial charge in [0.1, 0.15) is 12.4 Å². The van der Waals surface area contributed by atoms with Crippen LogP contribution in [0.2, 0.25) is 0 Å². The molecule has 0 unspecified atom stereocenters. The van der Waals surface area contributed by atoms with Crippen LogP contribution >= 0.6 is 0 Å². The van der Waals surface area contributed by atoms with Gasteiger partial charge in [0, 0.05) is 32.0 Å². The van der Waals surface area contributed by atoms with Crippen molar-refractivity contribution in [3.05, 3.63) is 83.4 Å². The van der Waals surface area contributed by atoms with Crippen LogP contribution in [-0.4, -0.2) is 33.8 Å². The Morgan fingerprint density at radius 1 is 1.00 bits per heavy atom. The highest BCUT2D eigenvalue weighted by Gasteiger charge is 2.17. The number of rotatable bonds is 7. The van der Waals surface area contributed by atoms with Crippen molar-refractivity contribution < 1.29 is 0 Å². The number of fused-ring (bicyclic) bond motifs is 1. The summed E-state index contributed by atoms with van der Waals surface area (Å²) in [6, 6.07) is 21.2. The van der Waals surface area contributed by atoms with Crippen molar-refractivity contribution in [3.63, 3.8) is 0 Å². The number of hydrogen-bond donors (Lipinski definition) is 2. The lowest BCUT2D eigenvalue weighted by Crippen LogP contribution is -2.39. The normalized spacial score (nSPS) is 13.5. The van der Waals surface area contributed by atoms with Crippen molar-refractivity contribution in [2.45, 2.75) is 38.8 Å². The molecule has 1 aliphatic rings. The van der Waals surface area contributed by atoms with E-state index in [9.17, 15) is 0 Å². The molecule has 0 saturated heterocycles. The molecule has 29 heavy (non-hydrogen) atoms. The maximum atomic E-state index is 4.76. The van der Waals surface area contributed by atoms with Gasteiger partial charge in [-0.3, -0.25) is 0 Å². The molecule has 1 aromatic heterocycles. The number of nitrogens with one attached hydrogen (secondary N) is 2. The Kier molecular flexibility index (Phi) is 6.19. The second-order valence-electron chi connectivity index (χ2n) is 7.24. The van der Waals surface area contributed by atoms with Crippen LogP contribution in [0.25, 0.3) is 0 Å². The molecule has 0 fully saturated rings. The van der Waals surface area contributed by atoms with Gasteiger partial charge >= 0.3 is 0 Å². The molecular weight excluding hydrogens is 360 g/mol. The molecule has 0 aliphatic carbocycles. The number of aryl methyl sites for hydroxylation is 1. The SMILES string of the molecule is CCNC(=NCc1nnc2n1CCC2)NCC(c1ccccc1)c1ccccc1. The summed E-state index contributed by atoms with van der Waals surface area (Å²) in [4.78, 5) is 4.76. The zero-order valence-electron chi connectivity index (χ0n) is 16.9. The summed E-state index contributed by atoms with van der Waals surface area (Å²) in [5.41, 5.74) is 2.58. The first kappa shape index (κ1) is 19.2. The van der Waals surface area contributed by atoms with Crippen molar-refractivity contribution in [3.8, 4) is 0 Å². The van der Waals surface area contributed by atoms with Crippen LogP contribution < -0.4 is 10.6 Å². The minimum absolute atomic E-state index is 0.249. The Morgan fingerprint density at radius 2 is 1.69 bits per heavy atom. The van der Waals surface area contributed by atoms with Gasteiger partial charge in [0.15, 0.2) is 11.8 Å². The highest BCUT2D eigenvalue weighted by Crippen LogP contribution is 2.23. The molecule has 2 aromatic carbocycles. The van der Waals surface area contributed by atoms with E-state index in [1.807, 2.05) is 0 Å². The van der Waals surface area contributed by atoms with Gasteiger partial charge in [0.05, 0.1) is 0 Å². The Hall–Kier alpha value is -3.15. The first-order chi connectivity index (χ1) is 14.3. The minimum atomic E-state index is 0.249. The van der Waals surface area contributed by atoms with Crippen LogP contribution in [0, 0.1) is 0 Å². The molecule has 2 N–H and O–H groups in total. The first-order valence-electron chi connectivity index (χ1n) is 10.4. The molecule has 3 aromatic rings. The Bertz CT molecular complexity index is 893. The second-order valence-corrected chi connectivity index (χ2v) is 7.24. The van der Waals surface area contributed by atoms with Crippen LogP contribution in [0.5, 0.6) is 0 Å². The summed E-state index contributed by atoms with van der Waals surface area (Å²) in [5.74, 6) is 3.08. The third-order valence-electron chi connectivity index (χ3n) is 5.29. The highest BCUT2D eigenvalue weighted by molar-refractivity contribution is 5.79. The average Bonchev–Trinajstić information content (AvgIpc) is 3.38. The van der Waals surface area contributed by atoms with E-state index in [1.54, 1.807) is 0 Å². The summed E-state index contributed by atoms with van der Waals surface area (Å²) >= 11 is 0. The van der Waals surface area contributed by atoms with Crippen molar-refractivity contribution in [1.29, 1.82) is 0 Å². The van der Waals surface area contributed by atoms with E-state index in [1.165, 1.54) is 11.1 Å². The fraction of sp³-hybridized carbons (Fsp3) is 0.348. The molecule has 150 valence electrons. The zero-order valence-corrected chi connectivity index (χ0v) is 16.9. The van der Waals surface area contributed by atoms with E-state index in [2.05, 4.69) is 93.0 Å². The quantitative estimate of drug-likeness (QED) is 0.482. The standard InChI is InChI=1S/C23H28N6/c1-2-24-23(26-17-22-28-27-21-14-9-15-29(21)22)25-16-20(18-10-5-3-6-11-18)19-12-7-4-8-13-19/h3-8,10-13,20H,2,9,14-17H2,1H3,(H2,24,25,26). The molecule has 0 saturated carbocycles. The zero-order chi connectivity index (χ0) is 19.9. The van der Waals surface area contributed by atoms with E-state index in [0.29, 0.717) is 6.54 Å². The second kappa shape index (κ2) is 9.37. The fourth-order valence-corrected chi connectivity index (χ4v) is 3.82. The number of nitrogens with zero attached hydrogens (tertiary/aromatic N) is 4. The Balaban J connectivity index is 1.49. The molecule has 0 atom stereocenters. The molecule has 6 nitrogen and oxygen atoms in total. The minimum Gasteiger partial charge on any atom is -0.357 e. The van der Waals surface area contributed by atoms with Crippen molar-refractivity contribution in [2.24, 2.45) is 4.99 Å². The third-order valence-corrected chi connectivity index (χ3v) is 5.29. The monoisotopic (exact) mass is 388 g/mol. The van der Waals surface area contributed by atoms with E-state index < -0.39 is 0 Å². The summed E-state index contributed by atoms with van der Waals surface area (Å²) in [6.45, 7) is 5.19. The van der Waals surface area contributed by atoms with Gasteiger partial charge in [-0.15, -0.1) is 10.2 Å². The topological polar surface area (TPSA) is 67.1 Å². The van der Waals surface area contributed by atoms with E-state index >= 15 is 0 Å². The van der Waals surface area contributed by atoms with Crippen LogP contribution in [0.1, 0.15) is 42.0 Å². The number of aromatic nitrogens is 3. The summed E-state index contributed by atoms with van der Waals surface area (Å²) in [6.07, 6.45) is 2.17. The van der Waals surface area contributed by atoms with E-state index in [-0.39, 0.29) is 5.92 Å². The Morgan fingerprint density at radius 3 is 2.34 bits per heavy atom. The van der Waals surface area contributed by atoms with E-state index in [0.717, 1.165) is 50.1 Å². The average molecular weight is 389 g/mol. The van der Waals surface area contributed by atoms with Crippen LogP contribution in [-0.2, 0) is 19.5 Å². The Labute approximate surface area is 172 Å². The fourth-order valence-electron chi connectivity index (χ4n) is 3.82. The molecular formula is C23H28N6. The van der Waals surface area contributed by atoms with Crippen molar-refractivity contribution in [1.82, 2.24) is 25.4 Å². The van der Waals surface area contributed by atoms with Crippen molar-refractivity contribution in [2.75, 3.05) is 13.1 Å². The van der Waals surface area contributed by atoms with Gasteiger partial charge in [-0.1, -0.05) is 60.7 Å². The summed E-state index contributed by atoms with van der Waals surface area (Å²) in [5, 5.41) is 15.5. The van der Waals surface area contributed by atoms with Crippen LogP contribution in [0.3, 0.4) is 0 Å². The van der Waals surface area contributed by atoms with Crippen LogP contribution in [0.4, 0.5) is 0 Å². The first-order valence-corrected chi connectivity index (χ1v) is 10.4. The molecule has 1 aliphatic heterocycles. The van der Waals surface area contributed by atoms with Crippen molar-refractivity contribution >= 4 is 5.96 Å². The highest BCUT2D eigenvalue weighted by atomic mass is 15.3. The van der Waals surface area contributed by atoms with E-state index in [4.69, 9.17) is 4.99 Å². The molecule has 0 radical (unpaired) electrons. The number of hydrogen-bond acceptors (Lipinski definition) is 3.